The summed E-state index contributed by atoms with van der Waals surface area (Å²) in [5.41, 5.74) is 1.75. The van der Waals surface area contributed by atoms with Crippen LogP contribution in [0.3, 0.4) is 0 Å². The van der Waals surface area contributed by atoms with Gasteiger partial charge in [-0.05, 0) is 75.0 Å². The summed E-state index contributed by atoms with van der Waals surface area (Å²) >= 11 is 0. The maximum absolute atomic E-state index is 13.0. The minimum absolute atomic E-state index is 0.182. The van der Waals surface area contributed by atoms with Crippen LogP contribution in [0.25, 0.3) is 0 Å². The molecule has 1 N–H and O–H groups in total. The van der Waals surface area contributed by atoms with Crippen molar-refractivity contribution in [2.75, 3.05) is 37.5 Å². The van der Waals surface area contributed by atoms with E-state index >= 15 is 0 Å². The molecule has 0 radical (unpaired) electrons. The third-order valence-electron chi connectivity index (χ3n) is 5.89. The van der Waals surface area contributed by atoms with Gasteiger partial charge in [-0.25, -0.2) is 8.42 Å². The zero-order chi connectivity index (χ0) is 22.4. The van der Waals surface area contributed by atoms with Gasteiger partial charge >= 0.3 is 0 Å². The van der Waals surface area contributed by atoms with E-state index in [9.17, 15) is 13.2 Å². The number of nitrogens with one attached hydrogen (secondary N) is 1. The van der Waals surface area contributed by atoms with E-state index in [1.165, 1.54) is 24.2 Å². The van der Waals surface area contributed by atoms with Gasteiger partial charge in [-0.3, -0.25) is 9.10 Å². The van der Waals surface area contributed by atoms with Crippen molar-refractivity contribution in [2.45, 2.75) is 38.0 Å². The highest BCUT2D eigenvalue weighted by atomic mass is 32.2. The predicted molar refractivity (Wildman–Crippen MR) is 125 cm³/mol. The largest absolute Gasteiger partial charge is 0.352 e. The highest BCUT2D eigenvalue weighted by molar-refractivity contribution is 7.92. The fourth-order valence-corrected chi connectivity index (χ4v) is 5.34. The lowest BCUT2D eigenvalue weighted by atomic mass is 10.0. The van der Waals surface area contributed by atoms with Crippen LogP contribution in [0.5, 0.6) is 0 Å². The van der Waals surface area contributed by atoms with Crippen molar-refractivity contribution < 1.29 is 13.2 Å². The highest BCUT2D eigenvalue weighted by Crippen LogP contribution is 2.26. The Balaban J connectivity index is 1.62. The molecular formula is C24H33N3O3S. The van der Waals surface area contributed by atoms with E-state index in [1.54, 1.807) is 48.5 Å². The topological polar surface area (TPSA) is 69.7 Å². The highest BCUT2D eigenvalue weighted by Gasteiger charge is 2.23. The van der Waals surface area contributed by atoms with Crippen molar-refractivity contribution in [3.63, 3.8) is 0 Å². The Morgan fingerprint density at radius 3 is 2.65 bits per heavy atom. The van der Waals surface area contributed by atoms with Gasteiger partial charge in [0.05, 0.1) is 10.6 Å². The molecule has 0 bridgehead atoms. The molecule has 31 heavy (non-hydrogen) atoms. The van der Waals surface area contributed by atoms with E-state index in [4.69, 9.17) is 0 Å². The number of carbonyl (C=O) groups is 1. The van der Waals surface area contributed by atoms with Crippen LogP contribution in [-0.2, 0) is 10.0 Å². The molecule has 1 saturated heterocycles. The van der Waals surface area contributed by atoms with Crippen molar-refractivity contribution in [3.8, 4) is 0 Å². The van der Waals surface area contributed by atoms with Crippen LogP contribution in [0.2, 0.25) is 0 Å². The third kappa shape index (κ3) is 5.86. The van der Waals surface area contributed by atoms with Gasteiger partial charge in [-0.2, -0.15) is 0 Å². The lowest BCUT2D eigenvalue weighted by Crippen LogP contribution is -2.36. The summed E-state index contributed by atoms with van der Waals surface area (Å²) in [6, 6.07) is 13.5. The Hall–Kier alpha value is -2.38. The SMILES string of the molecule is Cc1ccc(C(=O)NCCCN2CCC[C@@H](C)C2)cc1N(C)S(=O)(=O)c1ccccc1. The first kappa shape index (κ1) is 23.3. The summed E-state index contributed by atoms with van der Waals surface area (Å²) in [7, 11) is -2.18. The van der Waals surface area contributed by atoms with Crippen LogP contribution in [0.1, 0.15) is 42.1 Å². The Labute approximate surface area is 186 Å². The number of hydrogen-bond acceptors (Lipinski definition) is 4. The van der Waals surface area contributed by atoms with Crippen LogP contribution in [0, 0.1) is 12.8 Å². The average molecular weight is 444 g/mol. The van der Waals surface area contributed by atoms with Gasteiger partial charge < -0.3 is 10.2 Å². The van der Waals surface area contributed by atoms with Gasteiger partial charge in [-0.15, -0.1) is 0 Å². The Morgan fingerprint density at radius 2 is 1.94 bits per heavy atom. The van der Waals surface area contributed by atoms with Crippen molar-refractivity contribution in [2.24, 2.45) is 5.92 Å². The molecule has 0 aromatic heterocycles. The van der Waals surface area contributed by atoms with Crippen LogP contribution in [-0.4, -0.2) is 52.5 Å². The van der Waals surface area contributed by atoms with Crippen molar-refractivity contribution in [3.05, 3.63) is 59.7 Å². The molecule has 6 nitrogen and oxygen atoms in total. The summed E-state index contributed by atoms with van der Waals surface area (Å²) in [6.07, 6.45) is 3.45. The molecule has 1 amide bonds. The van der Waals surface area contributed by atoms with E-state index in [0.29, 0.717) is 17.8 Å². The quantitative estimate of drug-likeness (QED) is 0.632. The summed E-state index contributed by atoms with van der Waals surface area (Å²) in [6.45, 7) is 8.00. The maximum atomic E-state index is 13.0. The second-order valence-corrected chi connectivity index (χ2v) is 10.4. The molecule has 2 aromatic rings. The minimum atomic E-state index is -3.70. The minimum Gasteiger partial charge on any atom is -0.352 e. The predicted octanol–water partition coefficient (Wildman–Crippen LogP) is 3.67. The average Bonchev–Trinajstić information content (AvgIpc) is 2.77. The van der Waals surface area contributed by atoms with Crippen LogP contribution < -0.4 is 9.62 Å². The molecule has 0 aliphatic carbocycles. The standard InChI is InChI=1S/C24H33N3O3S/c1-19-9-7-15-27(18-19)16-8-14-25-24(28)21-13-12-20(2)23(17-21)26(3)31(29,30)22-10-5-4-6-11-22/h4-6,10-13,17,19H,7-9,14-16,18H2,1-3H3,(H,25,28)/t19-/m1/s1. The van der Waals surface area contributed by atoms with E-state index in [-0.39, 0.29) is 10.8 Å². The number of nitrogens with zero attached hydrogens (tertiary/aromatic N) is 2. The first-order valence-corrected chi connectivity index (χ1v) is 12.4. The number of benzene rings is 2. The maximum Gasteiger partial charge on any atom is 0.264 e. The molecule has 1 fully saturated rings. The van der Waals surface area contributed by atoms with Gasteiger partial charge in [0.2, 0.25) is 0 Å². The number of hydrogen-bond donors (Lipinski definition) is 1. The molecule has 0 unspecified atom stereocenters. The summed E-state index contributed by atoms with van der Waals surface area (Å²) in [4.78, 5) is 15.3. The van der Waals surface area contributed by atoms with Gasteiger partial charge in [0.15, 0.2) is 0 Å². The lowest BCUT2D eigenvalue weighted by Gasteiger charge is -2.30. The number of anilines is 1. The normalized spacial score (nSPS) is 17.3. The molecule has 0 saturated carbocycles. The molecule has 2 aromatic carbocycles. The number of aryl methyl sites for hydroxylation is 1. The van der Waals surface area contributed by atoms with Crippen molar-refractivity contribution in [1.82, 2.24) is 10.2 Å². The van der Waals surface area contributed by atoms with Crippen molar-refractivity contribution in [1.29, 1.82) is 0 Å². The molecule has 7 heteroatoms. The van der Waals surface area contributed by atoms with Crippen molar-refractivity contribution >= 4 is 21.6 Å². The van der Waals surface area contributed by atoms with E-state index < -0.39 is 10.0 Å². The van der Waals surface area contributed by atoms with Gasteiger partial charge in [0, 0.05) is 25.7 Å². The molecular weight excluding hydrogens is 410 g/mol. The number of likely N-dealkylation sites (tertiary alicyclic amines) is 1. The monoisotopic (exact) mass is 443 g/mol. The third-order valence-corrected chi connectivity index (χ3v) is 7.68. The van der Waals surface area contributed by atoms with Gasteiger partial charge in [0.25, 0.3) is 15.9 Å². The number of carbonyl (C=O) groups excluding carboxylic acids is 1. The number of sulfonamides is 1. The number of piperidine rings is 1. The first-order valence-electron chi connectivity index (χ1n) is 10.9. The molecule has 1 atom stereocenters. The van der Waals surface area contributed by atoms with E-state index in [1.807, 2.05) is 6.92 Å². The summed E-state index contributed by atoms with van der Waals surface area (Å²) in [5, 5.41) is 2.97. The second kappa shape index (κ2) is 10.3. The molecule has 1 heterocycles. The Bertz CT molecular complexity index is 992. The molecule has 168 valence electrons. The van der Waals surface area contributed by atoms with E-state index in [2.05, 4.69) is 17.1 Å². The Morgan fingerprint density at radius 1 is 1.19 bits per heavy atom. The molecule has 1 aliphatic rings. The number of amides is 1. The van der Waals surface area contributed by atoms with Crippen LogP contribution in [0.4, 0.5) is 5.69 Å². The zero-order valence-corrected chi connectivity index (χ0v) is 19.5. The molecule has 3 rings (SSSR count). The summed E-state index contributed by atoms with van der Waals surface area (Å²) in [5.74, 6) is 0.567. The first-order chi connectivity index (χ1) is 14.8. The molecule has 1 aliphatic heterocycles. The van der Waals surface area contributed by atoms with E-state index in [0.717, 1.165) is 37.5 Å². The fraction of sp³-hybridized carbons (Fsp3) is 0.458. The fourth-order valence-electron chi connectivity index (χ4n) is 4.07. The lowest BCUT2D eigenvalue weighted by molar-refractivity contribution is 0.0950. The summed E-state index contributed by atoms with van der Waals surface area (Å²) < 4.78 is 27.2. The van der Waals surface area contributed by atoms with Crippen LogP contribution in [0.15, 0.2) is 53.4 Å². The van der Waals surface area contributed by atoms with Crippen LogP contribution >= 0.6 is 0 Å². The molecule has 0 spiro atoms. The van der Waals surface area contributed by atoms with Gasteiger partial charge in [-0.1, -0.05) is 31.2 Å². The van der Waals surface area contributed by atoms with Gasteiger partial charge in [0.1, 0.15) is 0 Å². The number of rotatable bonds is 8. The Kier molecular flexibility index (Phi) is 7.73. The smallest absolute Gasteiger partial charge is 0.264 e. The zero-order valence-electron chi connectivity index (χ0n) is 18.7. The second-order valence-electron chi connectivity index (χ2n) is 8.44.